The number of hydrogen-bond acceptors (Lipinski definition) is 3. The third-order valence-electron chi connectivity index (χ3n) is 7.05. The van der Waals surface area contributed by atoms with Crippen LogP contribution in [-0.4, -0.2) is 61.8 Å². The monoisotopic (exact) mass is 509 g/mol. The summed E-state index contributed by atoms with van der Waals surface area (Å²) in [6.07, 6.45) is 25.3. The van der Waals surface area contributed by atoms with E-state index in [2.05, 4.69) is 21.0 Å². The number of nitrogens with zero attached hydrogens (tertiary/aromatic N) is 1. The number of hydrogen-bond donors (Lipinski definition) is 0. The maximum absolute atomic E-state index is 5.52. The van der Waals surface area contributed by atoms with Crippen LogP contribution in [0.15, 0.2) is 0 Å². The summed E-state index contributed by atoms with van der Waals surface area (Å²) in [4.78, 5) is 0. The van der Waals surface area contributed by atoms with Gasteiger partial charge >= 0.3 is 8.80 Å². The van der Waals surface area contributed by atoms with Crippen molar-refractivity contribution in [3.8, 4) is 0 Å². The molecule has 0 rings (SSSR count). The predicted octanol–water partition coefficient (Wildman–Crippen LogP) is 4.99. The highest BCUT2D eigenvalue weighted by molar-refractivity contribution is 6.60. The Hall–Kier alpha value is 0.347. The Bertz CT molecular complexity index is 387. The minimum Gasteiger partial charge on any atom is -1.00 e. The molecule has 0 aromatic rings. The maximum Gasteiger partial charge on any atom is 0.500 e. The zero-order valence-electron chi connectivity index (χ0n) is 23.4. The average Bonchev–Trinajstić information content (AvgIpc) is 2.79. The molecule has 0 fully saturated rings. The quantitative estimate of drug-likeness (QED) is 0.0985. The fourth-order valence-electron chi connectivity index (χ4n) is 4.64. The van der Waals surface area contributed by atoms with Crippen LogP contribution < -0.4 is 12.4 Å². The van der Waals surface area contributed by atoms with Crippen molar-refractivity contribution in [2.45, 2.75) is 129 Å². The second-order valence-corrected chi connectivity index (χ2v) is 13.5. The van der Waals surface area contributed by atoms with Gasteiger partial charge in [-0.1, -0.05) is 96.8 Å². The Labute approximate surface area is 215 Å². The van der Waals surface area contributed by atoms with Gasteiger partial charge in [0.25, 0.3) is 0 Å². The van der Waals surface area contributed by atoms with Crippen molar-refractivity contribution in [1.29, 1.82) is 0 Å². The topological polar surface area (TPSA) is 27.7 Å². The zero-order chi connectivity index (χ0) is 24.0. The second-order valence-electron chi connectivity index (χ2n) is 10.4. The van der Waals surface area contributed by atoms with Crippen LogP contribution in [0, 0.1) is 0 Å². The molecule has 0 atom stereocenters. The molecule has 0 bridgehead atoms. The standard InChI is InChI=1S/C27H60NO3Si.ClH/c1-7-8-9-10-11-12-13-14-15-16-17-18-19-20-21-22-25-28(2,3)26-23-24-27-32(29-4,30-5)31-6;/h7-27H2,1-6H3;1H/q+1;/p-1. The van der Waals surface area contributed by atoms with E-state index in [0.717, 1.165) is 16.9 Å². The molecule has 0 amide bonds. The lowest BCUT2D eigenvalue weighted by Gasteiger charge is -2.30. The van der Waals surface area contributed by atoms with Gasteiger partial charge in [0.15, 0.2) is 0 Å². The molecule has 0 radical (unpaired) electrons. The van der Waals surface area contributed by atoms with Gasteiger partial charge in [0.1, 0.15) is 0 Å². The van der Waals surface area contributed by atoms with Gasteiger partial charge in [-0.05, 0) is 25.7 Å². The first-order chi connectivity index (χ1) is 15.4. The molecule has 0 heterocycles. The van der Waals surface area contributed by atoms with E-state index < -0.39 is 8.80 Å². The lowest BCUT2D eigenvalue weighted by molar-refractivity contribution is -0.890. The largest absolute Gasteiger partial charge is 1.00 e. The van der Waals surface area contributed by atoms with Gasteiger partial charge in [-0.3, -0.25) is 0 Å². The second kappa shape index (κ2) is 24.1. The van der Waals surface area contributed by atoms with Gasteiger partial charge in [-0.2, -0.15) is 0 Å². The summed E-state index contributed by atoms with van der Waals surface area (Å²) in [5.74, 6) is 0. The van der Waals surface area contributed by atoms with Crippen molar-refractivity contribution in [2.75, 3.05) is 48.5 Å². The molecule has 6 heteroatoms. The molecule has 0 saturated carbocycles. The van der Waals surface area contributed by atoms with Crippen LogP contribution in [-0.2, 0) is 13.3 Å². The van der Waals surface area contributed by atoms with E-state index in [1.54, 1.807) is 21.3 Å². The SMILES string of the molecule is CCCCCCCCCCCCCCCCCC[N+](C)(C)CCCC[Si](OC)(OC)OC.[Cl-]. The van der Waals surface area contributed by atoms with Crippen molar-refractivity contribution >= 4 is 8.80 Å². The summed E-state index contributed by atoms with van der Waals surface area (Å²) in [6, 6.07) is 0.912. The van der Waals surface area contributed by atoms with Crippen LogP contribution >= 0.6 is 0 Å². The van der Waals surface area contributed by atoms with Gasteiger partial charge in [-0.25, -0.2) is 0 Å². The highest BCUT2D eigenvalue weighted by Crippen LogP contribution is 2.18. The molecule has 0 spiro atoms. The van der Waals surface area contributed by atoms with E-state index in [0.29, 0.717) is 0 Å². The number of unbranched alkanes of at least 4 members (excludes halogenated alkanes) is 16. The van der Waals surface area contributed by atoms with Crippen molar-refractivity contribution in [3.63, 3.8) is 0 Å². The first kappa shape index (κ1) is 35.5. The molecular weight excluding hydrogens is 450 g/mol. The molecule has 0 aliphatic rings. The predicted molar refractivity (Wildman–Crippen MR) is 142 cm³/mol. The van der Waals surface area contributed by atoms with E-state index in [1.165, 1.54) is 122 Å². The maximum atomic E-state index is 5.52. The molecule has 0 N–H and O–H groups in total. The van der Waals surface area contributed by atoms with Crippen LogP contribution in [0.3, 0.4) is 0 Å². The fraction of sp³-hybridized carbons (Fsp3) is 1.00. The summed E-state index contributed by atoms with van der Waals surface area (Å²) in [6.45, 7) is 4.81. The molecular formula is C27H60ClNO3Si. The minimum absolute atomic E-state index is 0. The zero-order valence-corrected chi connectivity index (χ0v) is 25.2. The molecule has 33 heavy (non-hydrogen) atoms. The highest BCUT2D eigenvalue weighted by Gasteiger charge is 2.37. The van der Waals surface area contributed by atoms with E-state index in [9.17, 15) is 0 Å². The Morgan fingerprint density at radius 3 is 1.12 bits per heavy atom. The lowest BCUT2D eigenvalue weighted by atomic mass is 10.0. The first-order valence-corrected chi connectivity index (χ1v) is 15.9. The van der Waals surface area contributed by atoms with Crippen molar-refractivity contribution in [3.05, 3.63) is 0 Å². The van der Waals surface area contributed by atoms with E-state index >= 15 is 0 Å². The van der Waals surface area contributed by atoms with E-state index in [-0.39, 0.29) is 12.4 Å². The Balaban J connectivity index is 0. The summed E-state index contributed by atoms with van der Waals surface area (Å²) >= 11 is 0. The molecule has 0 aliphatic carbocycles. The van der Waals surface area contributed by atoms with Crippen LogP contribution in [0.4, 0.5) is 0 Å². The van der Waals surface area contributed by atoms with Crippen molar-refractivity contribution in [2.24, 2.45) is 0 Å². The van der Waals surface area contributed by atoms with Gasteiger partial charge in [0, 0.05) is 27.4 Å². The van der Waals surface area contributed by atoms with Gasteiger partial charge < -0.3 is 30.2 Å². The van der Waals surface area contributed by atoms with Gasteiger partial charge in [0.2, 0.25) is 0 Å². The molecule has 0 saturated heterocycles. The van der Waals surface area contributed by atoms with E-state index in [1.807, 2.05) is 0 Å². The van der Waals surface area contributed by atoms with Crippen LogP contribution in [0.2, 0.25) is 6.04 Å². The fourth-order valence-corrected chi connectivity index (χ4v) is 6.43. The van der Waals surface area contributed by atoms with Crippen molar-refractivity contribution in [1.82, 2.24) is 0 Å². The first-order valence-electron chi connectivity index (χ1n) is 13.9. The molecule has 4 nitrogen and oxygen atoms in total. The molecule has 0 unspecified atom stereocenters. The summed E-state index contributed by atoms with van der Waals surface area (Å²) in [5.41, 5.74) is 0. The summed E-state index contributed by atoms with van der Waals surface area (Å²) < 4.78 is 17.7. The smallest absolute Gasteiger partial charge is 0.500 e. The normalized spacial score (nSPS) is 12.2. The van der Waals surface area contributed by atoms with Crippen molar-refractivity contribution < 1.29 is 30.2 Å². The Kier molecular flexibility index (Phi) is 25.9. The van der Waals surface area contributed by atoms with E-state index in [4.69, 9.17) is 13.3 Å². The van der Waals surface area contributed by atoms with Crippen LogP contribution in [0.5, 0.6) is 0 Å². The number of halogens is 1. The molecule has 0 aromatic heterocycles. The van der Waals surface area contributed by atoms with Crippen LogP contribution in [0.25, 0.3) is 0 Å². The molecule has 0 aliphatic heterocycles. The third-order valence-corrected chi connectivity index (χ3v) is 9.88. The number of quaternary nitrogens is 1. The Morgan fingerprint density at radius 1 is 0.485 bits per heavy atom. The lowest BCUT2D eigenvalue weighted by Crippen LogP contribution is -3.00. The van der Waals surface area contributed by atoms with Gasteiger partial charge in [0.05, 0.1) is 27.2 Å². The summed E-state index contributed by atoms with van der Waals surface area (Å²) in [5, 5.41) is 0. The molecule has 202 valence electrons. The third kappa shape index (κ3) is 21.4. The average molecular weight is 510 g/mol. The van der Waals surface area contributed by atoms with Gasteiger partial charge in [-0.15, -0.1) is 0 Å². The number of rotatable bonds is 25. The summed E-state index contributed by atoms with van der Waals surface area (Å²) in [7, 11) is 7.48. The van der Waals surface area contributed by atoms with Crippen LogP contribution in [0.1, 0.15) is 122 Å². The Morgan fingerprint density at radius 2 is 0.788 bits per heavy atom. The minimum atomic E-state index is -2.39. The molecule has 0 aromatic carbocycles. The highest BCUT2D eigenvalue weighted by atomic mass is 35.5.